The van der Waals surface area contributed by atoms with Crippen LogP contribution < -0.4 is 21.9 Å². The second-order valence-corrected chi connectivity index (χ2v) is 18.1. The number of para-hydroxylation sites is 2. The number of hydrogen-bond donors (Lipinski definition) is 0. The molecule has 0 atom stereocenters. The van der Waals surface area contributed by atoms with Gasteiger partial charge in [0.1, 0.15) is 31.4 Å². The van der Waals surface area contributed by atoms with Crippen LogP contribution in [0.5, 0.6) is 0 Å². The first-order valence-electron chi connectivity index (χ1n) is 23.6. The van der Waals surface area contributed by atoms with Gasteiger partial charge in [-0.1, -0.05) is 198 Å². The van der Waals surface area contributed by atoms with Gasteiger partial charge in [0.25, 0.3) is 0 Å². The Balaban J connectivity index is 1.15. The normalized spacial score (nSPS) is 11.7. The topological polar surface area (TPSA) is 48.5 Å². The lowest BCUT2D eigenvalue weighted by Gasteiger charge is -2.24. The van der Waals surface area contributed by atoms with Crippen LogP contribution in [-0.4, -0.2) is 55.5 Å². The number of aromatic nitrogens is 5. The fourth-order valence-electron chi connectivity index (χ4n) is 10.6. The van der Waals surface area contributed by atoms with Crippen LogP contribution in [0.2, 0.25) is 0 Å². The summed E-state index contributed by atoms with van der Waals surface area (Å²) in [5, 5.41) is 6.55. The molecule has 322 valence electrons. The first-order chi connectivity index (χ1) is 34.8. The van der Waals surface area contributed by atoms with Crippen LogP contribution in [-0.2, 0) is 0 Å². The molecule has 13 rings (SSSR count). The zero-order valence-electron chi connectivity index (χ0n) is 38.7. The molecule has 0 aliphatic rings. The van der Waals surface area contributed by atoms with E-state index in [9.17, 15) is 0 Å². The maximum atomic E-state index is 7.06. The van der Waals surface area contributed by atoms with Crippen molar-refractivity contribution in [1.29, 1.82) is 0 Å². The number of rotatable bonds is 7. The van der Waals surface area contributed by atoms with Gasteiger partial charge < -0.3 is 4.57 Å². The number of benzene rings is 10. The van der Waals surface area contributed by atoms with Gasteiger partial charge in [-0.25, -0.2) is 4.98 Å². The minimum absolute atomic E-state index is 0.303. The van der Waals surface area contributed by atoms with Crippen molar-refractivity contribution in [2.75, 3.05) is 0 Å². The highest BCUT2D eigenvalue weighted by Crippen LogP contribution is 2.44. The predicted octanol–water partition coefficient (Wildman–Crippen LogP) is 11.0. The lowest BCUT2D eigenvalue weighted by Crippen LogP contribution is -2.46. The van der Waals surface area contributed by atoms with Gasteiger partial charge in [-0.3, -0.25) is 4.57 Å². The summed E-state index contributed by atoms with van der Waals surface area (Å²) in [5.41, 5.74) is 14.3. The first-order valence-corrected chi connectivity index (χ1v) is 23.6. The summed E-state index contributed by atoms with van der Waals surface area (Å²) in [4.78, 5) is 16.1. The minimum atomic E-state index is 0.303. The molecule has 0 unspecified atom stereocenters. The number of fused-ring (bicyclic) bond motifs is 8. The summed E-state index contributed by atoms with van der Waals surface area (Å²) in [6.07, 6.45) is 0. The molecule has 0 spiro atoms. The maximum Gasteiger partial charge on any atom is 0.238 e. The molecule has 0 aliphatic heterocycles. The highest BCUT2D eigenvalue weighted by molar-refractivity contribution is 6.61. The molecule has 8 radical (unpaired) electrons. The Morgan fingerprint density at radius 3 is 1.62 bits per heavy atom. The van der Waals surface area contributed by atoms with Crippen LogP contribution in [0.25, 0.3) is 122 Å². The number of nitrogens with zero attached hydrogens (tertiary/aromatic N) is 5. The monoisotopic (exact) mass is 895 g/mol. The van der Waals surface area contributed by atoms with Gasteiger partial charge in [0.05, 0.1) is 27.8 Å². The third-order valence-electron chi connectivity index (χ3n) is 14.1. The molecule has 0 saturated carbocycles. The van der Waals surface area contributed by atoms with Crippen LogP contribution in [0, 0.1) is 6.92 Å². The van der Waals surface area contributed by atoms with Crippen LogP contribution in [0.4, 0.5) is 0 Å². The Kier molecular flexibility index (Phi) is 10.0. The van der Waals surface area contributed by atoms with Crippen molar-refractivity contribution < 1.29 is 0 Å². The average Bonchev–Trinajstić information content (AvgIpc) is 3.95. The molecular weight excluding hydrogens is 858 g/mol. The van der Waals surface area contributed by atoms with E-state index in [0.29, 0.717) is 50.6 Å². The predicted molar refractivity (Wildman–Crippen MR) is 299 cm³/mol. The molecule has 0 amide bonds. The van der Waals surface area contributed by atoms with Crippen molar-refractivity contribution in [2.24, 2.45) is 0 Å². The highest BCUT2D eigenvalue weighted by atomic mass is 15.2. The van der Waals surface area contributed by atoms with Crippen molar-refractivity contribution in [1.82, 2.24) is 24.1 Å². The molecular formula is C62H37B4N5. The third kappa shape index (κ3) is 6.79. The molecule has 71 heavy (non-hydrogen) atoms. The second kappa shape index (κ2) is 16.8. The summed E-state index contributed by atoms with van der Waals surface area (Å²) in [6, 6.07) is 71.8. The first kappa shape index (κ1) is 42.4. The average molecular weight is 895 g/mol. The quantitative estimate of drug-likeness (QED) is 0.150. The van der Waals surface area contributed by atoms with Gasteiger partial charge in [0, 0.05) is 38.2 Å². The molecule has 0 N–H and O–H groups in total. The minimum Gasteiger partial charge on any atom is -0.307 e. The fourth-order valence-corrected chi connectivity index (χ4v) is 10.6. The largest absolute Gasteiger partial charge is 0.307 e. The van der Waals surface area contributed by atoms with E-state index in [1.165, 1.54) is 10.8 Å². The molecule has 10 aromatic carbocycles. The molecule has 0 fully saturated rings. The molecule has 9 heteroatoms. The van der Waals surface area contributed by atoms with E-state index >= 15 is 0 Å². The SMILES string of the molecule is [B]c1c([B])c(C)c([B])c(-c2ccc(-c3ccccc3)cc2-n2c3ccccc3c3ccc4c5ccccc5n(-c5nc(-c6ccccc6)nc(-c6cccc(-c7cccc8ccccc78)c6)n5)c4c32)c1[B]. The maximum absolute atomic E-state index is 7.06. The molecule has 0 saturated heterocycles. The van der Waals surface area contributed by atoms with E-state index < -0.39 is 0 Å². The van der Waals surface area contributed by atoms with Crippen molar-refractivity contribution in [3.05, 3.63) is 212 Å². The van der Waals surface area contributed by atoms with Crippen LogP contribution >= 0.6 is 0 Å². The van der Waals surface area contributed by atoms with Gasteiger partial charge >= 0.3 is 0 Å². The van der Waals surface area contributed by atoms with Gasteiger partial charge in [-0.15, -0.1) is 10.9 Å². The van der Waals surface area contributed by atoms with Gasteiger partial charge in [0.2, 0.25) is 5.95 Å². The lowest BCUT2D eigenvalue weighted by molar-refractivity contribution is 0.953. The van der Waals surface area contributed by atoms with Crippen molar-refractivity contribution >= 4 is 108 Å². The van der Waals surface area contributed by atoms with Crippen LogP contribution in [0.1, 0.15) is 5.56 Å². The molecule has 0 bridgehead atoms. The summed E-state index contributed by atoms with van der Waals surface area (Å²) in [6.45, 7) is 1.89. The van der Waals surface area contributed by atoms with E-state index in [1.54, 1.807) is 0 Å². The molecule has 5 nitrogen and oxygen atoms in total. The molecule has 3 aromatic heterocycles. The van der Waals surface area contributed by atoms with Crippen LogP contribution in [0.3, 0.4) is 0 Å². The van der Waals surface area contributed by atoms with Gasteiger partial charge in [-0.2, -0.15) is 9.97 Å². The Morgan fingerprint density at radius 1 is 0.352 bits per heavy atom. The highest BCUT2D eigenvalue weighted by Gasteiger charge is 2.26. The van der Waals surface area contributed by atoms with Crippen molar-refractivity contribution in [2.45, 2.75) is 6.92 Å². The Labute approximate surface area is 416 Å². The third-order valence-corrected chi connectivity index (χ3v) is 14.1. The van der Waals surface area contributed by atoms with Gasteiger partial charge in [0.15, 0.2) is 11.6 Å². The smallest absolute Gasteiger partial charge is 0.238 e. The van der Waals surface area contributed by atoms with E-state index in [2.05, 4.69) is 179 Å². The zero-order valence-corrected chi connectivity index (χ0v) is 38.7. The van der Waals surface area contributed by atoms with E-state index in [4.69, 9.17) is 46.3 Å². The van der Waals surface area contributed by atoms with E-state index in [-0.39, 0.29) is 0 Å². The van der Waals surface area contributed by atoms with Crippen LogP contribution in [0.15, 0.2) is 206 Å². The Hall–Kier alpha value is -8.67. The summed E-state index contributed by atoms with van der Waals surface area (Å²) in [5.74, 6) is 1.59. The zero-order chi connectivity index (χ0) is 47.9. The summed E-state index contributed by atoms with van der Waals surface area (Å²) in [7, 11) is 27.3. The molecule has 3 heterocycles. The fraction of sp³-hybridized carbons (Fsp3) is 0.0161. The Bertz CT molecular complexity index is 4260. The van der Waals surface area contributed by atoms with E-state index in [1.807, 2.05) is 43.3 Å². The molecule has 13 aromatic rings. The van der Waals surface area contributed by atoms with Gasteiger partial charge in [-0.05, 0) is 69.8 Å². The van der Waals surface area contributed by atoms with E-state index in [0.717, 1.165) is 88.2 Å². The van der Waals surface area contributed by atoms with Crippen molar-refractivity contribution in [3.63, 3.8) is 0 Å². The standard InChI is InChI=1S/C62H37B4N5/c1-36-54(63)53(56(65)57(66)55(36)64)49-31-30-40(37-16-4-2-5-17-37)35-52(49)70-50-28-12-10-25-45(50)47-32-33-48-46-26-11-13-29-51(46)71(59(48)58(47)70)62-68-60(39-19-6-3-7-20-39)67-61(69-62)42-23-14-22-41(34-42)44-27-15-21-38-18-8-9-24-43(38)44/h2-35H,1H3. The Morgan fingerprint density at radius 2 is 0.901 bits per heavy atom. The van der Waals surface area contributed by atoms with Crippen molar-refractivity contribution in [3.8, 4) is 67.8 Å². The summed E-state index contributed by atoms with van der Waals surface area (Å²) < 4.78 is 4.56. The molecule has 0 aliphatic carbocycles. The second-order valence-electron chi connectivity index (χ2n) is 18.1. The lowest BCUT2D eigenvalue weighted by atomic mass is 9.63. The summed E-state index contributed by atoms with van der Waals surface area (Å²) >= 11 is 0. The number of hydrogen-bond acceptors (Lipinski definition) is 3.